The van der Waals surface area contributed by atoms with Crippen LogP contribution >= 0.6 is 0 Å². The first-order valence-corrected chi connectivity index (χ1v) is 4.19. The molecule has 0 saturated carbocycles. The Balaban J connectivity index is 4.49. The summed E-state index contributed by atoms with van der Waals surface area (Å²) < 4.78 is 0. The van der Waals surface area contributed by atoms with Crippen molar-refractivity contribution in [3.05, 3.63) is 0 Å². The van der Waals surface area contributed by atoms with E-state index in [1.807, 2.05) is 0 Å². The summed E-state index contributed by atoms with van der Waals surface area (Å²) in [6, 6.07) is 0. The molecule has 0 aromatic carbocycles. The van der Waals surface area contributed by atoms with Crippen molar-refractivity contribution in [1.29, 1.82) is 0 Å². The van der Waals surface area contributed by atoms with Crippen LogP contribution < -0.4 is 0 Å². The van der Waals surface area contributed by atoms with E-state index in [9.17, 15) is 9.59 Å². The average molecular weight is 222 g/mol. The monoisotopic (exact) mass is 222 g/mol. The highest BCUT2D eigenvalue weighted by Gasteiger charge is 2.35. The fraction of sp³-hybridized carbons (Fsp3) is 0.750. The lowest BCUT2D eigenvalue weighted by molar-refractivity contribution is -0.153. The summed E-state index contributed by atoms with van der Waals surface area (Å²) >= 11 is 0. The van der Waals surface area contributed by atoms with Crippen LogP contribution in [0.15, 0.2) is 0 Å². The minimum atomic E-state index is -2.04. The molecule has 0 amide bonds. The third-order valence-electron chi connectivity index (χ3n) is 1.90. The maximum Gasteiger partial charge on any atom is 0.189 e. The van der Waals surface area contributed by atoms with E-state index >= 15 is 0 Å². The normalized spacial score (nSPS) is 19.1. The van der Waals surface area contributed by atoms with Gasteiger partial charge in [0.25, 0.3) is 0 Å². The minimum absolute atomic E-state index is 0.815. The Kier molecular flexibility index (Phi) is 5.55. The number of ketones is 2. The Morgan fingerprint density at radius 1 is 1.00 bits per heavy atom. The Morgan fingerprint density at radius 2 is 1.40 bits per heavy atom. The summed E-state index contributed by atoms with van der Waals surface area (Å²) in [5.41, 5.74) is 0. The van der Waals surface area contributed by atoms with Gasteiger partial charge in [-0.25, -0.2) is 0 Å². The zero-order valence-electron chi connectivity index (χ0n) is 8.07. The molecular weight excluding hydrogens is 208 g/mol. The summed E-state index contributed by atoms with van der Waals surface area (Å²) in [5, 5.41) is 44.7. The minimum Gasteiger partial charge on any atom is -0.388 e. The molecular formula is C8H14O7. The van der Waals surface area contributed by atoms with Crippen LogP contribution in [0.3, 0.4) is 0 Å². The molecule has 0 spiro atoms. The zero-order chi connectivity index (χ0) is 12.2. The lowest BCUT2D eigenvalue weighted by Crippen LogP contribution is -2.50. The summed E-state index contributed by atoms with van der Waals surface area (Å²) in [7, 11) is 0. The third-order valence-corrected chi connectivity index (χ3v) is 1.90. The Morgan fingerprint density at radius 3 is 1.73 bits per heavy atom. The highest BCUT2D eigenvalue weighted by molar-refractivity contribution is 5.85. The van der Waals surface area contributed by atoms with Crippen molar-refractivity contribution in [3.63, 3.8) is 0 Å². The summed E-state index contributed by atoms with van der Waals surface area (Å²) in [6.45, 7) is -0.0397. The molecule has 0 heterocycles. The van der Waals surface area contributed by atoms with Crippen LogP contribution in [-0.2, 0) is 9.59 Å². The second-order valence-electron chi connectivity index (χ2n) is 3.11. The molecule has 7 nitrogen and oxygen atoms in total. The molecule has 0 rings (SSSR count). The molecule has 0 fully saturated rings. The summed E-state index contributed by atoms with van der Waals surface area (Å²) in [5.74, 6) is -1.93. The molecule has 0 radical (unpaired) electrons. The Hall–Kier alpha value is -0.860. The Bertz CT molecular complexity index is 239. The van der Waals surface area contributed by atoms with E-state index in [2.05, 4.69) is 0 Å². The van der Waals surface area contributed by atoms with Gasteiger partial charge in [0, 0.05) is 0 Å². The van der Waals surface area contributed by atoms with Crippen LogP contribution in [-0.4, -0.2) is 68.1 Å². The number of aliphatic hydroxyl groups excluding tert-OH is 5. The van der Waals surface area contributed by atoms with Crippen LogP contribution in [0.2, 0.25) is 0 Å². The van der Waals surface area contributed by atoms with E-state index in [0.29, 0.717) is 0 Å². The fourth-order valence-electron chi connectivity index (χ4n) is 0.898. The molecule has 4 atom stereocenters. The van der Waals surface area contributed by atoms with Crippen molar-refractivity contribution in [1.82, 2.24) is 0 Å². The summed E-state index contributed by atoms with van der Waals surface area (Å²) in [4.78, 5) is 21.3. The first-order chi connectivity index (χ1) is 6.82. The van der Waals surface area contributed by atoms with E-state index in [-0.39, 0.29) is 0 Å². The van der Waals surface area contributed by atoms with Crippen molar-refractivity contribution < 1.29 is 35.1 Å². The van der Waals surface area contributed by atoms with Gasteiger partial charge in [-0.3, -0.25) is 9.59 Å². The molecule has 0 aliphatic carbocycles. The predicted molar refractivity (Wildman–Crippen MR) is 46.8 cm³/mol. The largest absolute Gasteiger partial charge is 0.388 e. The van der Waals surface area contributed by atoms with E-state index in [4.69, 9.17) is 25.5 Å². The van der Waals surface area contributed by atoms with Crippen LogP contribution in [0.1, 0.15) is 6.92 Å². The highest BCUT2D eigenvalue weighted by atomic mass is 16.4. The van der Waals surface area contributed by atoms with E-state index in [0.717, 1.165) is 6.92 Å². The van der Waals surface area contributed by atoms with Crippen LogP contribution in [0.4, 0.5) is 0 Å². The highest BCUT2D eigenvalue weighted by Crippen LogP contribution is 2.06. The van der Waals surface area contributed by atoms with Gasteiger partial charge >= 0.3 is 0 Å². The SMILES string of the molecule is CC(=O)[C@H](O)[C@@H](O)[C@H](O)[C@H](O)C(=O)CO. The first kappa shape index (κ1) is 14.1. The van der Waals surface area contributed by atoms with Gasteiger partial charge in [-0.05, 0) is 6.92 Å². The van der Waals surface area contributed by atoms with Crippen LogP contribution in [0, 0.1) is 0 Å². The molecule has 0 aliphatic rings. The standard InChI is InChI=1S/C8H14O7/c1-3(10)5(12)7(14)8(15)6(13)4(11)2-9/h5-9,12-15H,2H2,1H3/t5-,6+,7+,8+/m0/s1. The number of aliphatic hydroxyl groups is 5. The van der Waals surface area contributed by atoms with E-state index < -0.39 is 42.6 Å². The van der Waals surface area contributed by atoms with Crippen LogP contribution in [0.5, 0.6) is 0 Å². The molecule has 7 heteroatoms. The Labute approximate surface area is 85.6 Å². The molecule has 5 N–H and O–H groups in total. The van der Waals surface area contributed by atoms with Gasteiger partial charge < -0.3 is 25.5 Å². The molecule has 0 bridgehead atoms. The maximum atomic E-state index is 10.7. The predicted octanol–water partition coefficient (Wildman–Crippen LogP) is -3.42. The number of carbonyl (C=O) groups is 2. The van der Waals surface area contributed by atoms with E-state index in [1.54, 1.807) is 0 Å². The van der Waals surface area contributed by atoms with Gasteiger partial charge in [-0.1, -0.05) is 0 Å². The van der Waals surface area contributed by atoms with Crippen LogP contribution in [0.25, 0.3) is 0 Å². The van der Waals surface area contributed by atoms with Crippen molar-refractivity contribution in [3.8, 4) is 0 Å². The van der Waals surface area contributed by atoms with Crippen molar-refractivity contribution in [2.75, 3.05) is 6.61 Å². The second kappa shape index (κ2) is 5.89. The number of carbonyl (C=O) groups excluding carboxylic acids is 2. The quantitative estimate of drug-likeness (QED) is 0.316. The number of Topliss-reactive ketones (excluding diaryl/α,β-unsaturated/α-hetero) is 2. The lowest BCUT2D eigenvalue weighted by Gasteiger charge is -2.24. The third kappa shape index (κ3) is 3.65. The van der Waals surface area contributed by atoms with Gasteiger partial charge in [-0.2, -0.15) is 0 Å². The molecule has 0 aliphatic heterocycles. The zero-order valence-corrected chi connectivity index (χ0v) is 8.07. The fourth-order valence-corrected chi connectivity index (χ4v) is 0.898. The molecule has 0 unspecified atom stereocenters. The van der Waals surface area contributed by atoms with Gasteiger partial charge in [0.1, 0.15) is 31.0 Å². The van der Waals surface area contributed by atoms with Crippen molar-refractivity contribution in [2.45, 2.75) is 31.3 Å². The van der Waals surface area contributed by atoms with Gasteiger partial charge in [0.15, 0.2) is 11.6 Å². The van der Waals surface area contributed by atoms with Gasteiger partial charge in [-0.15, -0.1) is 0 Å². The number of hydrogen-bond donors (Lipinski definition) is 5. The molecule has 0 aromatic heterocycles. The topological polar surface area (TPSA) is 135 Å². The molecule has 15 heavy (non-hydrogen) atoms. The van der Waals surface area contributed by atoms with Crippen molar-refractivity contribution in [2.24, 2.45) is 0 Å². The molecule has 0 saturated heterocycles. The molecule has 88 valence electrons. The lowest BCUT2D eigenvalue weighted by atomic mass is 9.98. The summed E-state index contributed by atoms with van der Waals surface area (Å²) in [6.07, 6.45) is -7.93. The van der Waals surface area contributed by atoms with Gasteiger partial charge in [0.05, 0.1) is 0 Å². The average Bonchev–Trinajstić information content (AvgIpc) is 2.23. The van der Waals surface area contributed by atoms with Crippen molar-refractivity contribution >= 4 is 11.6 Å². The smallest absolute Gasteiger partial charge is 0.189 e. The first-order valence-electron chi connectivity index (χ1n) is 4.19. The maximum absolute atomic E-state index is 10.7. The second-order valence-corrected chi connectivity index (χ2v) is 3.11. The number of hydrogen-bond acceptors (Lipinski definition) is 7. The number of rotatable bonds is 6. The molecule has 0 aromatic rings. The van der Waals surface area contributed by atoms with Gasteiger partial charge in [0.2, 0.25) is 0 Å². The van der Waals surface area contributed by atoms with E-state index in [1.165, 1.54) is 0 Å².